The lowest BCUT2D eigenvalue weighted by molar-refractivity contribution is 0.285. The molecule has 0 aromatic heterocycles. The average molecular weight is 499 g/mol. The van der Waals surface area contributed by atoms with Crippen LogP contribution in [0.25, 0.3) is 11.1 Å². The van der Waals surface area contributed by atoms with Gasteiger partial charge in [0.1, 0.15) is 0 Å². The van der Waals surface area contributed by atoms with E-state index in [-0.39, 0.29) is 5.75 Å². The minimum absolute atomic E-state index is 0.0199. The fourth-order valence-electron chi connectivity index (χ4n) is 5.69. The number of rotatable bonds is 16. The van der Waals surface area contributed by atoms with E-state index in [2.05, 4.69) is 26.0 Å². The molecule has 200 valence electrons. The predicted octanol–water partition coefficient (Wildman–Crippen LogP) is 11.0. The van der Waals surface area contributed by atoms with Gasteiger partial charge in [-0.15, -0.1) is 0 Å². The SMILES string of the molecule is CCCCCCCCCCOc1ccc(-c2ccc(C3CCC(CCCCC)CC3)cc2)c(F)c1F. The van der Waals surface area contributed by atoms with E-state index >= 15 is 0 Å². The van der Waals surface area contributed by atoms with Crippen LogP contribution in [0.2, 0.25) is 0 Å². The Bertz CT molecular complexity index is 868. The zero-order chi connectivity index (χ0) is 25.6. The Morgan fingerprint density at radius 1 is 0.667 bits per heavy atom. The lowest BCUT2D eigenvalue weighted by Crippen LogP contribution is -2.13. The molecule has 0 spiro atoms. The molecule has 2 aromatic carbocycles. The molecule has 0 amide bonds. The summed E-state index contributed by atoms with van der Waals surface area (Å²) in [6.45, 7) is 4.92. The monoisotopic (exact) mass is 498 g/mol. The Labute approximate surface area is 219 Å². The fourth-order valence-corrected chi connectivity index (χ4v) is 5.69. The van der Waals surface area contributed by atoms with E-state index in [4.69, 9.17) is 4.74 Å². The minimum atomic E-state index is -0.877. The molecule has 2 aromatic rings. The smallest absolute Gasteiger partial charge is 0.201 e. The van der Waals surface area contributed by atoms with Gasteiger partial charge in [0.15, 0.2) is 11.6 Å². The lowest BCUT2D eigenvalue weighted by atomic mass is 9.77. The van der Waals surface area contributed by atoms with Crippen LogP contribution in [0, 0.1) is 17.6 Å². The zero-order valence-corrected chi connectivity index (χ0v) is 22.8. The van der Waals surface area contributed by atoms with Crippen molar-refractivity contribution in [1.82, 2.24) is 0 Å². The molecule has 0 saturated heterocycles. The Morgan fingerprint density at radius 3 is 1.94 bits per heavy atom. The van der Waals surface area contributed by atoms with Gasteiger partial charge in [-0.3, -0.25) is 0 Å². The third-order valence-electron chi connectivity index (χ3n) is 8.06. The molecule has 0 radical (unpaired) electrons. The first-order valence-corrected chi connectivity index (χ1v) is 14.8. The quantitative estimate of drug-likeness (QED) is 0.209. The Balaban J connectivity index is 1.46. The molecule has 0 N–H and O–H groups in total. The Kier molecular flexibility index (Phi) is 12.8. The van der Waals surface area contributed by atoms with Crippen LogP contribution < -0.4 is 4.74 Å². The summed E-state index contributed by atoms with van der Waals surface area (Å²) in [7, 11) is 0. The molecule has 0 unspecified atom stereocenters. The number of ether oxygens (including phenoxy) is 1. The molecule has 0 bridgehead atoms. The molecule has 1 aliphatic carbocycles. The maximum atomic E-state index is 14.9. The van der Waals surface area contributed by atoms with Gasteiger partial charge >= 0.3 is 0 Å². The number of hydrogen-bond acceptors (Lipinski definition) is 1. The maximum Gasteiger partial charge on any atom is 0.201 e. The van der Waals surface area contributed by atoms with Crippen molar-refractivity contribution < 1.29 is 13.5 Å². The standard InChI is InChI=1S/C33H48F2O/c1-3-5-7-8-9-10-11-13-25-36-31-24-23-30(32(34)33(31)35)29-21-19-28(20-22-29)27-17-15-26(16-18-27)14-12-6-4-2/h19-24,26-27H,3-18,25H2,1-2H3. The second-order valence-corrected chi connectivity index (χ2v) is 10.9. The molecular weight excluding hydrogens is 450 g/mol. The Morgan fingerprint density at radius 2 is 1.28 bits per heavy atom. The van der Waals surface area contributed by atoms with E-state index in [0.29, 0.717) is 18.1 Å². The molecule has 1 nitrogen and oxygen atoms in total. The van der Waals surface area contributed by atoms with Gasteiger partial charge in [0.05, 0.1) is 6.61 Å². The van der Waals surface area contributed by atoms with Crippen molar-refractivity contribution in [3.63, 3.8) is 0 Å². The van der Waals surface area contributed by atoms with Crippen LogP contribution >= 0.6 is 0 Å². The highest BCUT2D eigenvalue weighted by Crippen LogP contribution is 2.38. The van der Waals surface area contributed by atoms with Crippen molar-refractivity contribution >= 4 is 0 Å². The molecule has 3 heteroatoms. The number of halogens is 2. The first-order valence-electron chi connectivity index (χ1n) is 14.8. The lowest BCUT2D eigenvalue weighted by Gasteiger charge is -2.29. The molecule has 36 heavy (non-hydrogen) atoms. The van der Waals surface area contributed by atoms with Gasteiger partial charge in [-0.05, 0) is 67.2 Å². The third-order valence-corrected chi connectivity index (χ3v) is 8.06. The summed E-state index contributed by atoms with van der Waals surface area (Å²) >= 11 is 0. The largest absolute Gasteiger partial charge is 0.490 e. The molecule has 0 atom stereocenters. The minimum Gasteiger partial charge on any atom is -0.490 e. The molecule has 1 fully saturated rings. The highest BCUT2D eigenvalue weighted by Gasteiger charge is 2.22. The summed E-state index contributed by atoms with van der Waals surface area (Å²) in [5.41, 5.74) is 2.35. The van der Waals surface area contributed by atoms with Crippen LogP contribution in [0.15, 0.2) is 36.4 Å². The first-order chi connectivity index (χ1) is 17.6. The molecule has 0 aliphatic heterocycles. The van der Waals surface area contributed by atoms with Crippen molar-refractivity contribution in [3.8, 4) is 16.9 Å². The van der Waals surface area contributed by atoms with E-state index in [1.807, 2.05) is 12.1 Å². The van der Waals surface area contributed by atoms with Crippen LogP contribution in [0.1, 0.15) is 128 Å². The maximum absolute atomic E-state index is 14.9. The van der Waals surface area contributed by atoms with Gasteiger partial charge in [-0.2, -0.15) is 4.39 Å². The van der Waals surface area contributed by atoms with E-state index in [9.17, 15) is 8.78 Å². The predicted molar refractivity (Wildman–Crippen MR) is 149 cm³/mol. The van der Waals surface area contributed by atoms with Crippen molar-refractivity contribution in [2.24, 2.45) is 5.92 Å². The number of benzene rings is 2. The van der Waals surface area contributed by atoms with E-state index < -0.39 is 11.6 Å². The summed E-state index contributed by atoms with van der Waals surface area (Å²) < 4.78 is 35.2. The van der Waals surface area contributed by atoms with Crippen LogP contribution in [-0.4, -0.2) is 6.61 Å². The third kappa shape index (κ3) is 8.89. The normalized spacial score (nSPS) is 17.9. The first kappa shape index (κ1) is 28.7. The summed E-state index contributed by atoms with van der Waals surface area (Å²) in [6, 6.07) is 11.3. The van der Waals surface area contributed by atoms with Crippen molar-refractivity contribution in [3.05, 3.63) is 53.6 Å². The highest BCUT2D eigenvalue weighted by atomic mass is 19.2. The summed E-state index contributed by atoms with van der Waals surface area (Å²) in [4.78, 5) is 0. The van der Waals surface area contributed by atoms with Crippen molar-refractivity contribution in [2.45, 2.75) is 122 Å². The van der Waals surface area contributed by atoms with Crippen LogP contribution in [0.4, 0.5) is 8.78 Å². The topological polar surface area (TPSA) is 9.23 Å². The van der Waals surface area contributed by atoms with Crippen LogP contribution in [0.3, 0.4) is 0 Å². The van der Waals surface area contributed by atoms with Crippen molar-refractivity contribution in [2.75, 3.05) is 6.61 Å². The van der Waals surface area contributed by atoms with Gasteiger partial charge in [-0.1, -0.05) is 109 Å². The molecular formula is C33H48F2O. The van der Waals surface area contributed by atoms with Gasteiger partial charge in [0, 0.05) is 5.56 Å². The van der Waals surface area contributed by atoms with Crippen LogP contribution in [0.5, 0.6) is 5.75 Å². The van der Waals surface area contributed by atoms with E-state index in [0.717, 1.165) is 24.3 Å². The zero-order valence-electron chi connectivity index (χ0n) is 22.8. The van der Waals surface area contributed by atoms with Crippen LogP contribution in [-0.2, 0) is 0 Å². The highest BCUT2D eigenvalue weighted by molar-refractivity contribution is 5.65. The summed E-state index contributed by atoms with van der Waals surface area (Å²) in [5.74, 6) is -0.191. The van der Waals surface area contributed by atoms with Gasteiger partial charge in [0.2, 0.25) is 5.82 Å². The summed E-state index contributed by atoms with van der Waals surface area (Å²) in [6.07, 6.45) is 20.1. The number of unbranched alkanes of at least 4 members (excludes halogenated alkanes) is 9. The average Bonchev–Trinajstić information content (AvgIpc) is 2.91. The van der Waals surface area contributed by atoms with Gasteiger partial charge in [-0.25, -0.2) is 4.39 Å². The number of hydrogen-bond donors (Lipinski definition) is 0. The molecule has 0 heterocycles. The Hall–Kier alpha value is -1.90. The van der Waals surface area contributed by atoms with Gasteiger partial charge in [0.25, 0.3) is 0 Å². The second kappa shape index (κ2) is 16.0. The second-order valence-electron chi connectivity index (χ2n) is 10.9. The molecule has 3 rings (SSSR count). The molecule has 1 aliphatic rings. The van der Waals surface area contributed by atoms with E-state index in [1.54, 1.807) is 12.1 Å². The van der Waals surface area contributed by atoms with Crippen molar-refractivity contribution in [1.29, 1.82) is 0 Å². The van der Waals surface area contributed by atoms with Gasteiger partial charge < -0.3 is 4.74 Å². The molecule has 1 saturated carbocycles. The fraction of sp³-hybridized carbons (Fsp3) is 0.636. The van der Waals surface area contributed by atoms with E-state index in [1.165, 1.54) is 95.5 Å². The summed E-state index contributed by atoms with van der Waals surface area (Å²) in [5, 5.41) is 0.